The molecule has 0 radical (unpaired) electrons. The van der Waals surface area contributed by atoms with E-state index in [1.807, 2.05) is 17.0 Å². The van der Waals surface area contributed by atoms with Crippen molar-refractivity contribution in [2.45, 2.75) is 45.5 Å². The number of alkyl halides is 3. The number of hydrogen-bond donors (Lipinski definition) is 1. The Balaban J connectivity index is 1.56. The standard InChI is InChI=1S/C19H20F3N3O2/c1-2-27-17(26)13-5-3-4-11-9-25(10-14(11)13)18-23-15-7-6-12(19(20,21)22)8-16(15)24-18/h3-5,12H,2,6-10H2,1H3,(H,23,24)/t12-/m1/s1. The van der Waals surface area contributed by atoms with Crippen LogP contribution in [0.25, 0.3) is 0 Å². The van der Waals surface area contributed by atoms with Gasteiger partial charge in [0.2, 0.25) is 5.95 Å². The van der Waals surface area contributed by atoms with Crippen LogP contribution in [-0.4, -0.2) is 28.7 Å². The third-order valence-corrected chi connectivity index (χ3v) is 5.27. The molecule has 1 aromatic heterocycles. The largest absolute Gasteiger partial charge is 0.462 e. The highest BCUT2D eigenvalue weighted by Crippen LogP contribution is 2.38. The summed E-state index contributed by atoms with van der Waals surface area (Å²) in [5.74, 6) is -1.11. The summed E-state index contributed by atoms with van der Waals surface area (Å²) in [5.41, 5.74) is 3.71. The van der Waals surface area contributed by atoms with Crippen LogP contribution < -0.4 is 4.90 Å². The number of fused-ring (bicyclic) bond motifs is 2. The number of aromatic nitrogens is 2. The van der Waals surface area contributed by atoms with Crippen molar-refractivity contribution in [3.63, 3.8) is 0 Å². The molecule has 1 atom stereocenters. The van der Waals surface area contributed by atoms with Crippen molar-refractivity contribution in [3.8, 4) is 0 Å². The number of carbonyl (C=O) groups excluding carboxylic acids is 1. The fourth-order valence-corrected chi connectivity index (χ4v) is 3.87. The van der Waals surface area contributed by atoms with Crippen molar-refractivity contribution in [1.29, 1.82) is 0 Å². The van der Waals surface area contributed by atoms with E-state index in [4.69, 9.17) is 4.74 Å². The molecule has 27 heavy (non-hydrogen) atoms. The highest BCUT2D eigenvalue weighted by Gasteiger charge is 2.42. The highest BCUT2D eigenvalue weighted by atomic mass is 19.4. The van der Waals surface area contributed by atoms with Gasteiger partial charge in [0.25, 0.3) is 0 Å². The van der Waals surface area contributed by atoms with Gasteiger partial charge in [0.05, 0.1) is 23.8 Å². The Morgan fingerprint density at radius 2 is 2.19 bits per heavy atom. The van der Waals surface area contributed by atoms with Crippen molar-refractivity contribution in [1.82, 2.24) is 9.97 Å². The van der Waals surface area contributed by atoms with Crippen LogP contribution in [0.5, 0.6) is 0 Å². The average Bonchev–Trinajstić information content (AvgIpc) is 3.23. The molecule has 0 amide bonds. The molecule has 144 valence electrons. The molecule has 8 heteroatoms. The third-order valence-electron chi connectivity index (χ3n) is 5.27. The fourth-order valence-electron chi connectivity index (χ4n) is 3.87. The van der Waals surface area contributed by atoms with E-state index in [0.29, 0.717) is 49.0 Å². The van der Waals surface area contributed by atoms with E-state index >= 15 is 0 Å². The van der Waals surface area contributed by atoms with Gasteiger partial charge >= 0.3 is 12.1 Å². The summed E-state index contributed by atoms with van der Waals surface area (Å²) in [6, 6.07) is 5.50. The number of nitrogens with one attached hydrogen (secondary N) is 1. The Bertz CT molecular complexity index is 876. The second kappa shape index (κ2) is 6.58. The van der Waals surface area contributed by atoms with E-state index in [9.17, 15) is 18.0 Å². The van der Waals surface area contributed by atoms with E-state index in [2.05, 4.69) is 9.97 Å². The molecule has 0 fully saturated rings. The lowest BCUT2D eigenvalue weighted by Crippen LogP contribution is -2.28. The third kappa shape index (κ3) is 3.28. The molecule has 2 aromatic rings. The van der Waals surface area contributed by atoms with Gasteiger partial charge in [-0.25, -0.2) is 9.78 Å². The first kappa shape index (κ1) is 17.9. The monoisotopic (exact) mass is 379 g/mol. The summed E-state index contributed by atoms with van der Waals surface area (Å²) < 4.78 is 44.2. The number of hydrogen-bond acceptors (Lipinski definition) is 4. The molecule has 5 nitrogen and oxygen atoms in total. The number of esters is 1. The second-order valence-corrected chi connectivity index (χ2v) is 6.99. The Morgan fingerprint density at radius 3 is 2.93 bits per heavy atom. The predicted octanol–water partition coefficient (Wildman–Crippen LogP) is 3.77. The molecule has 0 bridgehead atoms. The van der Waals surface area contributed by atoms with Crippen LogP contribution in [0.15, 0.2) is 18.2 Å². The van der Waals surface area contributed by atoms with Crippen LogP contribution in [0.4, 0.5) is 19.1 Å². The van der Waals surface area contributed by atoms with Crippen molar-refractivity contribution in [2.24, 2.45) is 5.92 Å². The zero-order chi connectivity index (χ0) is 19.2. The zero-order valence-corrected chi connectivity index (χ0v) is 14.9. The summed E-state index contributed by atoms with van der Waals surface area (Å²) in [4.78, 5) is 21.7. The molecular weight excluding hydrogens is 359 g/mol. The highest BCUT2D eigenvalue weighted by molar-refractivity contribution is 5.92. The van der Waals surface area contributed by atoms with Crippen molar-refractivity contribution < 1.29 is 22.7 Å². The topological polar surface area (TPSA) is 58.2 Å². The van der Waals surface area contributed by atoms with Crippen LogP contribution in [0, 0.1) is 5.92 Å². The molecule has 2 aliphatic rings. The van der Waals surface area contributed by atoms with Gasteiger partial charge in [0.1, 0.15) is 0 Å². The van der Waals surface area contributed by atoms with Crippen molar-refractivity contribution in [2.75, 3.05) is 11.5 Å². The summed E-state index contributed by atoms with van der Waals surface area (Å²) in [6.45, 7) is 3.09. The molecule has 0 saturated carbocycles. The van der Waals surface area contributed by atoms with Gasteiger partial charge in [0, 0.05) is 25.2 Å². The summed E-state index contributed by atoms with van der Waals surface area (Å²) in [5, 5.41) is 0. The fraction of sp³-hybridized carbons (Fsp3) is 0.474. The molecule has 0 spiro atoms. The second-order valence-electron chi connectivity index (χ2n) is 6.99. The predicted molar refractivity (Wildman–Crippen MR) is 92.4 cm³/mol. The first-order valence-corrected chi connectivity index (χ1v) is 9.04. The van der Waals surface area contributed by atoms with Gasteiger partial charge in [0.15, 0.2) is 0 Å². The van der Waals surface area contributed by atoms with E-state index in [1.54, 1.807) is 13.0 Å². The average molecular weight is 379 g/mol. The van der Waals surface area contributed by atoms with Crippen LogP contribution in [0.3, 0.4) is 0 Å². The number of rotatable bonds is 3. The molecule has 0 saturated heterocycles. The summed E-state index contributed by atoms with van der Waals surface area (Å²) in [7, 11) is 0. The van der Waals surface area contributed by atoms with Crippen LogP contribution in [0.1, 0.15) is 46.2 Å². The van der Waals surface area contributed by atoms with E-state index in [0.717, 1.165) is 11.1 Å². The molecule has 1 aliphatic heterocycles. The number of anilines is 1. The van der Waals surface area contributed by atoms with Crippen molar-refractivity contribution in [3.05, 3.63) is 46.3 Å². The maximum atomic E-state index is 13.0. The maximum Gasteiger partial charge on any atom is 0.392 e. The van der Waals surface area contributed by atoms with Gasteiger partial charge in [-0.15, -0.1) is 0 Å². The minimum Gasteiger partial charge on any atom is -0.462 e. The van der Waals surface area contributed by atoms with E-state index in [-0.39, 0.29) is 18.8 Å². The summed E-state index contributed by atoms with van der Waals surface area (Å²) in [6.07, 6.45) is -3.83. The lowest BCUT2D eigenvalue weighted by atomic mass is 9.89. The van der Waals surface area contributed by atoms with Crippen LogP contribution >= 0.6 is 0 Å². The number of H-pyrrole nitrogens is 1. The number of aryl methyl sites for hydroxylation is 1. The quantitative estimate of drug-likeness (QED) is 0.825. The number of imidazole rings is 1. The van der Waals surface area contributed by atoms with Gasteiger partial charge in [-0.1, -0.05) is 12.1 Å². The smallest absolute Gasteiger partial charge is 0.392 e. The minimum atomic E-state index is -4.18. The number of benzene rings is 1. The lowest BCUT2D eigenvalue weighted by Gasteiger charge is -2.23. The summed E-state index contributed by atoms with van der Waals surface area (Å²) >= 11 is 0. The van der Waals surface area contributed by atoms with E-state index < -0.39 is 12.1 Å². The number of ether oxygens (including phenoxy) is 1. The van der Waals surface area contributed by atoms with Gasteiger partial charge in [-0.05, 0) is 37.0 Å². The van der Waals surface area contributed by atoms with Crippen LogP contribution in [-0.2, 0) is 30.7 Å². The number of halogens is 3. The first-order valence-electron chi connectivity index (χ1n) is 9.04. The number of aromatic amines is 1. The number of carbonyl (C=O) groups is 1. The zero-order valence-electron chi connectivity index (χ0n) is 14.9. The lowest BCUT2D eigenvalue weighted by molar-refractivity contribution is -0.177. The first-order chi connectivity index (χ1) is 12.9. The number of nitrogens with zero attached hydrogens (tertiary/aromatic N) is 2. The normalized spacial score (nSPS) is 19.0. The Kier molecular flexibility index (Phi) is 4.36. The molecule has 1 N–H and O–H groups in total. The molecule has 4 rings (SSSR count). The minimum absolute atomic E-state index is 0.0549. The van der Waals surface area contributed by atoms with Gasteiger partial charge in [-0.2, -0.15) is 13.2 Å². The van der Waals surface area contributed by atoms with E-state index in [1.165, 1.54) is 0 Å². The maximum absolute atomic E-state index is 13.0. The Labute approximate surface area is 154 Å². The van der Waals surface area contributed by atoms with Gasteiger partial charge < -0.3 is 14.6 Å². The molecular formula is C19H20F3N3O2. The molecule has 0 unspecified atom stereocenters. The Morgan fingerprint density at radius 1 is 1.37 bits per heavy atom. The molecule has 1 aliphatic carbocycles. The SMILES string of the molecule is CCOC(=O)c1cccc2c1CN(c1nc3c([nH]1)C[C@H](C(F)(F)F)CC3)C2. The molecule has 2 heterocycles. The molecule has 1 aromatic carbocycles. The van der Waals surface area contributed by atoms with Crippen LogP contribution in [0.2, 0.25) is 0 Å². The Hall–Kier alpha value is -2.51. The van der Waals surface area contributed by atoms with Gasteiger partial charge in [-0.3, -0.25) is 0 Å². The van der Waals surface area contributed by atoms with Crippen molar-refractivity contribution >= 4 is 11.9 Å².